The molecular formula is C50H42N2. The van der Waals surface area contributed by atoms with Crippen molar-refractivity contribution in [1.82, 2.24) is 0 Å². The van der Waals surface area contributed by atoms with Crippen LogP contribution in [0.3, 0.4) is 0 Å². The average Bonchev–Trinajstić information content (AvgIpc) is 3.15. The van der Waals surface area contributed by atoms with Crippen LogP contribution in [-0.4, -0.2) is 0 Å². The average molecular weight is 671 g/mol. The lowest BCUT2D eigenvalue weighted by Gasteiger charge is -2.27. The summed E-state index contributed by atoms with van der Waals surface area (Å²) in [5.74, 6) is 0. The summed E-state index contributed by atoms with van der Waals surface area (Å²) < 4.78 is 0. The van der Waals surface area contributed by atoms with Crippen molar-refractivity contribution in [3.63, 3.8) is 0 Å². The fraction of sp³-hybridized carbons (Fsp3) is 0.0800. The number of hydrogen-bond acceptors (Lipinski definition) is 2. The van der Waals surface area contributed by atoms with Gasteiger partial charge in [0.25, 0.3) is 0 Å². The van der Waals surface area contributed by atoms with Crippen molar-refractivity contribution in [1.29, 1.82) is 0 Å². The van der Waals surface area contributed by atoms with E-state index >= 15 is 0 Å². The second kappa shape index (κ2) is 14.1. The zero-order valence-electron chi connectivity index (χ0n) is 30.2. The molecule has 0 aromatic heterocycles. The van der Waals surface area contributed by atoms with Crippen LogP contribution in [0.15, 0.2) is 170 Å². The highest BCUT2D eigenvalue weighted by atomic mass is 15.1. The molecule has 0 radical (unpaired) electrons. The zero-order valence-corrected chi connectivity index (χ0v) is 30.2. The third-order valence-electron chi connectivity index (χ3n) is 9.70. The van der Waals surface area contributed by atoms with E-state index in [9.17, 15) is 0 Å². The zero-order chi connectivity index (χ0) is 35.6. The maximum absolute atomic E-state index is 2.37. The summed E-state index contributed by atoms with van der Waals surface area (Å²) in [6.45, 7) is 8.67. The molecule has 0 spiro atoms. The van der Waals surface area contributed by atoms with Gasteiger partial charge in [-0.2, -0.15) is 0 Å². The minimum atomic E-state index is 1.12. The number of anilines is 6. The van der Waals surface area contributed by atoms with Crippen LogP contribution >= 0.6 is 0 Å². The predicted octanol–water partition coefficient (Wildman–Crippen LogP) is 14.3. The third-order valence-corrected chi connectivity index (χ3v) is 9.70. The smallest absolute Gasteiger partial charge is 0.0546 e. The molecule has 8 aromatic carbocycles. The van der Waals surface area contributed by atoms with E-state index in [0.29, 0.717) is 0 Å². The fourth-order valence-electron chi connectivity index (χ4n) is 7.49. The maximum atomic E-state index is 2.37. The molecule has 8 rings (SSSR count). The molecule has 0 amide bonds. The molecule has 252 valence electrons. The Kier molecular flexibility index (Phi) is 8.89. The number of para-hydroxylation sites is 1. The van der Waals surface area contributed by atoms with Gasteiger partial charge >= 0.3 is 0 Å². The van der Waals surface area contributed by atoms with Crippen molar-refractivity contribution in [2.75, 3.05) is 9.80 Å². The van der Waals surface area contributed by atoms with Crippen LogP contribution in [0.1, 0.15) is 33.4 Å². The van der Waals surface area contributed by atoms with Gasteiger partial charge < -0.3 is 9.80 Å². The van der Waals surface area contributed by atoms with Crippen molar-refractivity contribution >= 4 is 67.8 Å². The van der Waals surface area contributed by atoms with Crippen LogP contribution in [0.2, 0.25) is 0 Å². The van der Waals surface area contributed by atoms with Crippen LogP contribution in [0.5, 0.6) is 0 Å². The maximum Gasteiger partial charge on any atom is 0.0546 e. The Balaban J connectivity index is 1.11. The minimum absolute atomic E-state index is 1.12. The summed E-state index contributed by atoms with van der Waals surface area (Å²) in [7, 11) is 0. The Morgan fingerprint density at radius 3 is 1.29 bits per heavy atom. The molecule has 2 heteroatoms. The first-order chi connectivity index (χ1) is 25.4. The van der Waals surface area contributed by atoms with E-state index in [2.05, 4.69) is 220 Å². The van der Waals surface area contributed by atoms with Crippen LogP contribution in [0.4, 0.5) is 34.1 Å². The van der Waals surface area contributed by atoms with Gasteiger partial charge in [0.1, 0.15) is 0 Å². The largest absolute Gasteiger partial charge is 0.310 e. The van der Waals surface area contributed by atoms with Crippen molar-refractivity contribution in [3.05, 3.63) is 203 Å². The van der Waals surface area contributed by atoms with Crippen molar-refractivity contribution in [2.45, 2.75) is 27.7 Å². The first-order valence-corrected chi connectivity index (χ1v) is 18.0. The normalized spacial score (nSPS) is 11.4. The van der Waals surface area contributed by atoms with Gasteiger partial charge in [-0.05, 0) is 144 Å². The van der Waals surface area contributed by atoms with Crippen LogP contribution in [0.25, 0.3) is 33.7 Å². The molecule has 0 aliphatic carbocycles. The van der Waals surface area contributed by atoms with E-state index in [1.165, 1.54) is 60.9 Å². The summed E-state index contributed by atoms with van der Waals surface area (Å²) in [5.41, 5.74) is 14.2. The molecule has 0 fully saturated rings. The van der Waals surface area contributed by atoms with Gasteiger partial charge in [0, 0.05) is 33.8 Å². The van der Waals surface area contributed by atoms with Crippen LogP contribution in [-0.2, 0) is 0 Å². The van der Waals surface area contributed by atoms with E-state index < -0.39 is 0 Å². The van der Waals surface area contributed by atoms with Crippen LogP contribution < -0.4 is 9.80 Å². The summed E-state index contributed by atoms with van der Waals surface area (Å²) >= 11 is 0. The molecule has 0 unspecified atom stereocenters. The fourth-order valence-corrected chi connectivity index (χ4v) is 7.49. The van der Waals surface area contributed by atoms with Gasteiger partial charge in [-0.3, -0.25) is 0 Å². The molecule has 8 aromatic rings. The molecule has 0 heterocycles. The lowest BCUT2D eigenvalue weighted by atomic mass is 9.99. The van der Waals surface area contributed by atoms with Gasteiger partial charge in [0.05, 0.1) is 5.69 Å². The van der Waals surface area contributed by atoms with E-state index in [-0.39, 0.29) is 0 Å². The van der Waals surface area contributed by atoms with Gasteiger partial charge in [0.15, 0.2) is 0 Å². The summed E-state index contributed by atoms with van der Waals surface area (Å²) in [5, 5.41) is 4.99. The van der Waals surface area contributed by atoms with Crippen molar-refractivity contribution in [3.8, 4) is 0 Å². The molecular weight excluding hydrogens is 629 g/mol. The predicted molar refractivity (Wildman–Crippen MR) is 225 cm³/mol. The van der Waals surface area contributed by atoms with Crippen LogP contribution in [0, 0.1) is 27.7 Å². The molecule has 0 saturated heterocycles. The van der Waals surface area contributed by atoms with Gasteiger partial charge in [-0.15, -0.1) is 0 Å². The second-order valence-electron chi connectivity index (χ2n) is 13.9. The Labute approximate surface area is 307 Å². The highest BCUT2D eigenvalue weighted by Gasteiger charge is 2.17. The number of aryl methyl sites for hydroxylation is 4. The molecule has 0 aliphatic heterocycles. The highest BCUT2D eigenvalue weighted by molar-refractivity contribution is 6.14. The molecule has 0 bridgehead atoms. The Morgan fingerprint density at radius 2 is 0.750 bits per heavy atom. The van der Waals surface area contributed by atoms with E-state index in [1.807, 2.05) is 0 Å². The first kappa shape index (κ1) is 32.8. The van der Waals surface area contributed by atoms with Gasteiger partial charge in [-0.1, -0.05) is 115 Å². The molecule has 2 nitrogen and oxygen atoms in total. The number of fused-ring (bicyclic) bond motifs is 3. The first-order valence-electron chi connectivity index (χ1n) is 18.0. The standard InChI is InChI=1S/C50H42N2/c1-35-28-36(2)31-45(30-35)51(46-32-37(3)29-38(4)33-46)43-24-20-39(21-25-43)18-19-40-22-26-44(27-23-40)52(42-13-6-5-7-14-42)50-34-41-12-8-9-15-47(41)48-16-10-11-17-49(48)50/h5-34H,1-4H3. The number of benzene rings is 8. The van der Waals surface area contributed by atoms with E-state index in [0.717, 1.165) is 28.2 Å². The molecule has 0 N–H and O–H groups in total. The molecule has 52 heavy (non-hydrogen) atoms. The molecule has 0 atom stereocenters. The number of hydrogen-bond donors (Lipinski definition) is 0. The highest BCUT2D eigenvalue weighted by Crippen LogP contribution is 2.42. The Bertz CT molecular complexity index is 2450. The SMILES string of the molecule is Cc1cc(C)cc(N(c2ccc(C=Cc3ccc(N(c4ccccc4)c4cc5ccccc5c5ccccc45)cc3)cc2)c2cc(C)cc(C)c2)c1. The van der Waals surface area contributed by atoms with E-state index in [1.54, 1.807) is 0 Å². The quantitative estimate of drug-likeness (QED) is 0.117. The number of nitrogens with zero attached hydrogens (tertiary/aromatic N) is 2. The van der Waals surface area contributed by atoms with E-state index in [4.69, 9.17) is 0 Å². The number of rotatable bonds is 8. The molecule has 0 saturated carbocycles. The lowest BCUT2D eigenvalue weighted by molar-refractivity contribution is 1.23. The van der Waals surface area contributed by atoms with Crippen molar-refractivity contribution < 1.29 is 0 Å². The lowest BCUT2D eigenvalue weighted by Crippen LogP contribution is -2.11. The monoisotopic (exact) mass is 670 g/mol. The van der Waals surface area contributed by atoms with Gasteiger partial charge in [-0.25, -0.2) is 0 Å². The minimum Gasteiger partial charge on any atom is -0.310 e. The summed E-state index contributed by atoms with van der Waals surface area (Å²) in [6.07, 6.45) is 4.39. The summed E-state index contributed by atoms with van der Waals surface area (Å²) in [6, 6.07) is 61.7. The van der Waals surface area contributed by atoms with Crippen molar-refractivity contribution in [2.24, 2.45) is 0 Å². The Hall–Kier alpha value is -6.38. The van der Waals surface area contributed by atoms with Gasteiger partial charge in [0.2, 0.25) is 0 Å². The second-order valence-corrected chi connectivity index (χ2v) is 13.9. The summed E-state index contributed by atoms with van der Waals surface area (Å²) in [4.78, 5) is 4.74. The third kappa shape index (κ3) is 6.72. The topological polar surface area (TPSA) is 6.48 Å². The molecule has 0 aliphatic rings. The Morgan fingerprint density at radius 1 is 0.327 bits per heavy atom.